The van der Waals surface area contributed by atoms with E-state index in [1.165, 1.54) is 6.07 Å². The van der Waals surface area contributed by atoms with Gasteiger partial charge in [-0.25, -0.2) is 18.7 Å². The van der Waals surface area contributed by atoms with Crippen LogP contribution in [0.5, 0.6) is 0 Å². The van der Waals surface area contributed by atoms with Crippen LogP contribution in [0.1, 0.15) is 16.1 Å². The summed E-state index contributed by atoms with van der Waals surface area (Å²) >= 11 is 1.16. The van der Waals surface area contributed by atoms with Crippen LogP contribution in [0, 0.1) is 18.6 Å². The lowest BCUT2D eigenvalue weighted by atomic mass is 10.1. The summed E-state index contributed by atoms with van der Waals surface area (Å²) < 4.78 is 25.7. The number of carbonyl (C=O) groups excluding carboxylic acids is 1. The third-order valence-electron chi connectivity index (χ3n) is 2.35. The highest BCUT2D eigenvalue weighted by Crippen LogP contribution is 2.16. The predicted molar refractivity (Wildman–Crippen MR) is 68.2 cm³/mol. The summed E-state index contributed by atoms with van der Waals surface area (Å²) in [6.45, 7) is 1.82. The SMILES string of the molecule is Cc1ccnc(SCC(=O)c2ccc(F)c(F)c2)n1. The molecule has 0 atom stereocenters. The highest BCUT2D eigenvalue weighted by Gasteiger charge is 2.11. The zero-order valence-electron chi connectivity index (χ0n) is 10.1. The molecule has 0 N–H and O–H groups in total. The number of hydrogen-bond donors (Lipinski definition) is 0. The highest BCUT2D eigenvalue weighted by molar-refractivity contribution is 7.99. The number of aromatic nitrogens is 2. The Hall–Kier alpha value is -1.82. The van der Waals surface area contributed by atoms with Crippen LogP contribution < -0.4 is 0 Å². The van der Waals surface area contributed by atoms with E-state index in [0.29, 0.717) is 5.16 Å². The Labute approximate surface area is 113 Å². The average molecular weight is 280 g/mol. The summed E-state index contributed by atoms with van der Waals surface area (Å²) in [4.78, 5) is 19.9. The first-order chi connectivity index (χ1) is 9.06. The van der Waals surface area contributed by atoms with Crippen molar-refractivity contribution in [2.24, 2.45) is 0 Å². The quantitative estimate of drug-likeness (QED) is 0.490. The minimum absolute atomic E-state index is 0.0779. The van der Waals surface area contributed by atoms with E-state index in [0.717, 1.165) is 29.6 Å². The zero-order valence-corrected chi connectivity index (χ0v) is 10.9. The van der Waals surface area contributed by atoms with Crippen LogP contribution in [-0.4, -0.2) is 21.5 Å². The number of rotatable bonds is 4. The molecule has 3 nitrogen and oxygen atoms in total. The van der Waals surface area contributed by atoms with Gasteiger partial charge in [0.05, 0.1) is 5.75 Å². The number of benzene rings is 1. The number of ketones is 1. The Morgan fingerprint density at radius 3 is 2.74 bits per heavy atom. The molecule has 0 fully saturated rings. The Kier molecular flexibility index (Phi) is 4.21. The van der Waals surface area contributed by atoms with Crippen molar-refractivity contribution in [2.75, 3.05) is 5.75 Å². The zero-order chi connectivity index (χ0) is 13.8. The molecule has 1 heterocycles. The van der Waals surface area contributed by atoms with Crippen LogP contribution >= 0.6 is 11.8 Å². The van der Waals surface area contributed by atoms with E-state index in [1.807, 2.05) is 6.92 Å². The van der Waals surface area contributed by atoms with E-state index in [2.05, 4.69) is 9.97 Å². The molecule has 0 radical (unpaired) electrons. The van der Waals surface area contributed by atoms with Crippen LogP contribution in [0.4, 0.5) is 8.78 Å². The van der Waals surface area contributed by atoms with Gasteiger partial charge in [-0.1, -0.05) is 11.8 Å². The van der Waals surface area contributed by atoms with Crippen molar-refractivity contribution in [3.05, 3.63) is 53.4 Å². The number of thioether (sulfide) groups is 1. The Morgan fingerprint density at radius 2 is 2.05 bits per heavy atom. The second kappa shape index (κ2) is 5.88. The summed E-state index contributed by atoms with van der Waals surface area (Å²) in [6, 6.07) is 4.85. The molecule has 0 unspecified atom stereocenters. The summed E-state index contributed by atoms with van der Waals surface area (Å²) in [5, 5.41) is 0.482. The van der Waals surface area contributed by atoms with Gasteiger partial charge in [0.1, 0.15) is 0 Å². The van der Waals surface area contributed by atoms with Gasteiger partial charge in [-0.05, 0) is 31.2 Å². The monoisotopic (exact) mass is 280 g/mol. The first kappa shape index (κ1) is 13.6. The van der Waals surface area contributed by atoms with Crippen LogP contribution in [-0.2, 0) is 0 Å². The summed E-state index contributed by atoms with van der Waals surface area (Å²) in [5.41, 5.74) is 0.942. The molecular weight excluding hydrogens is 270 g/mol. The van der Waals surface area contributed by atoms with Gasteiger partial charge >= 0.3 is 0 Å². The molecule has 0 aliphatic carbocycles. The Bertz CT molecular complexity index is 619. The Balaban J connectivity index is 2.03. The number of aryl methyl sites for hydroxylation is 1. The lowest BCUT2D eigenvalue weighted by Gasteiger charge is -2.02. The number of nitrogens with zero attached hydrogens (tertiary/aromatic N) is 2. The fraction of sp³-hybridized carbons (Fsp3) is 0.154. The molecule has 1 aromatic carbocycles. The molecule has 0 aliphatic heterocycles. The fourth-order valence-corrected chi connectivity index (χ4v) is 2.15. The minimum Gasteiger partial charge on any atom is -0.293 e. The summed E-state index contributed by atoms with van der Waals surface area (Å²) in [6.07, 6.45) is 1.60. The van der Waals surface area contributed by atoms with Gasteiger partial charge in [0.2, 0.25) is 0 Å². The number of carbonyl (C=O) groups is 1. The Morgan fingerprint density at radius 1 is 1.26 bits per heavy atom. The first-order valence-corrected chi connectivity index (χ1v) is 6.45. The van der Waals surface area contributed by atoms with Gasteiger partial charge < -0.3 is 0 Å². The van der Waals surface area contributed by atoms with Crippen LogP contribution in [0.15, 0.2) is 35.6 Å². The second-order valence-corrected chi connectivity index (χ2v) is 4.76. The van der Waals surface area contributed by atoms with Gasteiger partial charge in [0.25, 0.3) is 0 Å². The van der Waals surface area contributed by atoms with Crippen molar-refractivity contribution in [3.8, 4) is 0 Å². The predicted octanol–water partition coefficient (Wildman–Crippen LogP) is 3.04. The molecule has 0 saturated carbocycles. The van der Waals surface area contributed by atoms with Gasteiger partial charge in [-0.3, -0.25) is 4.79 Å². The number of Topliss-reactive ketones (excluding diaryl/α,β-unsaturated/α-hetero) is 1. The van der Waals surface area contributed by atoms with Crippen molar-refractivity contribution >= 4 is 17.5 Å². The fourth-order valence-electron chi connectivity index (χ4n) is 1.38. The molecule has 0 bridgehead atoms. The molecule has 0 amide bonds. The molecule has 1 aromatic heterocycles. The molecule has 0 aliphatic rings. The lowest BCUT2D eigenvalue weighted by molar-refractivity contribution is 0.102. The number of halogens is 2. The standard InChI is InChI=1S/C13H10F2N2OS/c1-8-4-5-16-13(17-8)19-7-12(18)9-2-3-10(14)11(15)6-9/h2-6H,7H2,1H3. The van der Waals surface area contributed by atoms with Gasteiger partial charge in [0, 0.05) is 17.5 Å². The van der Waals surface area contributed by atoms with E-state index in [-0.39, 0.29) is 17.1 Å². The largest absolute Gasteiger partial charge is 0.293 e. The molecule has 0 saturated heterocycles. The van der Waals surface area contributed by atoms with Crippen molar-refractivity contribution in [1.82, 2.24) is 9.97 Å². The van der Waals surface area contributed by atoms with E-state index >= 15 is 0 Å². The van der Waals surface area contributed by atoms with Gasteiger partial charge in [-0.15, -0.1) is 0 Å². The minimum atomic E-state index is -1.03. The van der Waals surface area contributed by atoms with Crippen molar-refractivity contribution in [2.45, 2.75) is 12.1 Å². The van der Waals surface area contributed by atoms with E-state index < -0.39 is 11.6 Å². The van der Waals surface area contributed by atoms with E-state index in [1.54, 1.807) is 12.3 Å². The normalized spacial score (nSPS) is 10.5. The van der Waals surface area contributed by atoms with E-state index in [4.69, 9.17) is 0 Å². The number of hydrogen-bond acceptors (Lipinski definition) is 4. The van der Waals surface area contributed by atoms with Gasteiger partial charge in [0.15, 0.2) is 22.6 Å². The molecule has 19 heavy (non-hydrogen) atoms. The highest BCUT2D eigenvalue weighted by atomic mass is 32.2. The maximum Gasteiger partial charge on any atom is 0.188 e. The molecule has 98 valence electrons. The van der Waals surface area contributed by atoms with Crippen LogP contribution in [0.2, 0.25) is 0 Å². The molecule has 0 spiro atoms. The smallest absolute Gasteiger partial charge is 0.188 e. The topological polar surface area (TPSA) is 42.9 Å². The van der Waals surface area contributed by atoms with Crippen LogP contribution in [0.25, 0.3) is 0 Å². The third kappa shape index (κ3) is 3.57. The van der Waals surface area contributed by atoms with Crippen LogP contribution in [0.3, 0.4) is 0 Å². The van der Waals surface area contributed by atoms with Crippen molar-refractivity contribution in [3.63, 3.8) is 0 Å². The van der Waals surface area contributed by atoms with Crippen molar-refractivity contribution in [1.29, 1.82) is 0 Å². The van der Waals surface area contributed by atoms with E-state index in [9.17, 15) is 13.6 Å². The second-order valence-electron chi connectivity index (χ2n) is 3.82. The first-order valence-electron chi connectivity index (χ1n) is 5.47. The molecular formula is C13H10F2N2OS. The molecule has 2 rings (SSSR count). The third-order valence-corrected chi connectivity index (χ3v) is 3.21. The lowest BCUT2D eigenvalue weighted by Crippen LogP contribution is -2.04. The summed E-state index contributed by atoms with van der Waals surface area (Å²) in [7, 11) is 0. The average Bonchev–Trinajstić information content (AvgIpc) is 2.39. The van der Waals surface area contributed by atoms with Gasteiger partial charge in [-0.2, -0.15) is 0 Å². The molecule has 2 aromatic rings. The maximum atomic E-state index is 13.0. The summed E-state index contributed by atoms with van der Waals surface area (Å²) in [5.74, 6) is -2.21. The molecule has 6 heteroatoms. The van der Waals surface area contributed by atoms with Crippen molar-refractivity contribution < 1.29 is 13.6 Å². The maximum absolute atomic E-state index is 13.0.